The summed E-state index contributed by atoms with van der Waals surface area (Å²) in [6.07, 6.45) is 2.01. The lowest BCUT2D eigenvalue weighted by atomic mass is 10.1. The highest BCUT2D eigenvalue weighted by Crippen LogP contribution is 2.23. The first-order valence-corrected chi connectivity index (χ1v) is 11.9. The van der Waals surface area contributed by atoms with E-state index in [2.05, 4.69) is 28.5 Å². The van der Waals surface area contributed by atoms with Gasteiger partial charge in [-0.15, -0.1) is 22.0 Å². The van der Waals surface area contributed by atoms with Crippen LogP contribution in [-0.4, -0.2) is 32.7 Å². The number of amides is 1. The zero-order valence-corrected chi connectivity index (χ0v) is 19.3. The standard InChI is InChI=1S/C22H26N4O2S2/c1-5-26-20(13-28-19-10-9-15(2)11-16(19)3)24-25-22(26)30-14-21(27)23-17-7-6-8-18(12-17)29-4/h6-12H,5,13-14H2,1-4H3,(H,23,27). The molecule has 8 heteroatoms. The van der Waals surface area contributed by atoms with E-state index in [0.29, 0.717) is 18.3 Å². The van der Waals surface area contributed by atoms with Crippen LogP contribution >= 0.6 is 23.5 Å². The van der Waals surface area contributed by atoms with Gasteiger partial charge < -0.3 is 14.6 Å². The molecule has 6 nitrogen and oxygen atoms in total. The van der Waals surface area contributed by atoms with Crippen molar-refractivity contribution in [1.82, 2.24) is 14.8 Å². The Labute approximate surface area is 185 Å². The Kier molecular flexibility index (Phi) is 7.81. The Bertz CT molecular complexity index is 1020. The van der Waals surface area contributed by atoms with Crippen LogP contribution < -0.4 is 10.1 Å². The Morgan fingerprint density at radius 2 is 2.00 bits per heavy atom. The fraction of sp³-hybridized carbons (Fsp3) is 0.318. The summed E-state index contributed by atoms with van der Waals surface area (Å²) < 4.78 is 7.93. The molecule has 0 radical (unpaired) electrons. The third-order valence-electron chi connectivity index (χ3n) is 4.48. The van der Waals surface area contributed by atoms with E-state index in [1.54, 1.807) is 11.8 Å². The van der Waals surface area contributed by atoms with E-state index in [-0.39, 0.29) is 11.7 Å². The van der Waals surface area contributed by atoms with Gasteiger partial charge in [0.25, 0.3) is 0 Å². The first kappa shape index (κ1) is 22.2. The normalized spacial score (nSPS) is 10.8. The van der Waals surface area contributed by atoms with Crippen LogP contribution in [0.2, 0.25) is 0 Å². The van der Waals surface area contributed by atoms with Gasteiger partial charge in [0, 0.05) is 17.1 Å². The minimum Gasteiger partial charge on any atom is -0.485 e. The lowest BCUT2D eigenvalue weighted by molar-refractivity contribution is -0.113. The molecule has 1 aromatic heterocycles. The summed E-state index contributed by atoms with van der Waals surface area (Å²) in [6, 6.07) is 13.9. The second-order valence-electron chi connectivity index (χ2n) is 6.77. The minimum atomic E-state index is -0.0722. The van der Waals surface area contributed by atoms with E-state index in [9.17, 15) is 4.79 Å². The van der Waals surface area contributed by atoms with Gasteiger partial charge in [0.15, 0.2) is 11.0 Å². The van der Waals surface area contributed by atoms with Gasteiger partial charge in [-0.1, -0.05) is 35.5 Å². The van der Waals surface area contributed by atoms with Gasteiger partial charge in [-0.3, -0.25) is 4.79 Å². The Morgan fingerprint density at radius 1 is 1.17 bits per heavy atom. The molecule has 0 aliphatic heterocycles. The number of hydrogen-bond donors (Lipinski definition) is 1. The van der Waals surface area contributed by atoms with Crippen LogP contribution in [0.4, 0.5) is 5.69 Å². The molecule has 1 heterocycles. The van der Waals surface area contributed by atoms with Crippen molar-refractivity contribution in [3.05, 3.63) is 59.4 Å². The van der Waals surface area contributed by atoms with Crippen molar-refractivity contribution in [2.45, 2.75) is 44.0 Å². The molecule has 0 bridgehead atoms. The number of carbonyl (C=O) groups is 1. The number of carbonyl (C=O) groups excluding carboxylic acids is 1. The number of thioether (sulfide) groups is 2. The molecule has 0 saturated carbocycles. The van der Waals surface area contributed by atoms with Crippen LogP contribution in [0.1, 0.15) is 23.9 Å². The molecule has 0 atom stereocenters. The maximum Gasteiger partial charge on any atom is 0.234 e. The molecule has 30 heavy (non-hydrogen) atoms. The number of ether oxygens (including phenoxy) is 1. The number of aryl methyl sites for hydroxylation is 2. The number of hydrogen-bond acceptors (Lipinski definition) is 6. The zero-order chi connectivity index (χ0) is 21.5. The van der Waals surface area contributed by atoms with E-state index >= 15 is 0 Å². The quantitative estimate of drug-likeness (QED) is 0.473. The van der Waals surface area contributed by atoms with Crippen LogP contribution in [-0.2, 0) is 17.9 Å². The monoisotopic (exact) mass is 442 g/mol. The molecule has 0 aliphatic rings. The molecule has 3 rings (SSSR count). The van der Waals surface area contributed by atoms with Gasteiger partial charge in [0.2, 0.25) is 5.91 Å². The third kappa shape index (κ3) is 5.79. The summed E-state index contributed by atoms with van der Waals surface area (Å²) in [5.41, 5.74) is 3.09. The first-order valence-electron chi connectivity index (χ1n) is 9.69. The Balaban J connectivity index is 1.58. The fourth-order valence-electron chi connectivity index (χ4n) is 2.98. The largest absolute Gasteiger partial charge is 0.485 e. The summed E-state index contributed by atoms with van der Waals surface area (Å²) in [6.45, 7) is 7.16. The molecule has 158 valence electrons. The van der Waals surface area contributed by atoms with Crippen LogP contribution in [0.25, 0.3) is 0 Å². The van der Waals surface area contributed by atoms with Crippen LogP contribution in [0, 0.1) is 13.8 Å². The lowest BCUT2D eigenvalue weighted by Crippen LogP contribution is -2.15. The molecule has 2 aromatic carbocycles. The topological polar surface area (TPSA) is 69.0 Å². The van der Waals surface area contributed by atoms with Gasteiger partial charge in [-0.05, 0) is 56.9 Å². The summed E-state index contributed by atoms with van der Waals surface area (Å²) in [7, 11) is 0. The third-order valence-corrected chi connectivity index (χ3v) is 6.17. The van der Waals surface area contributed by atoms with Crippen molar-refractivity contribution >= 4 is 35.1 Å². The molecule has 3 aromatic rings. The van der Waals surface area contributed by atoms with Crippen LogP contribution in [0.15, 0.2) is 52.5 Å². The van der Waals surface area contributed by atoms with Crippen molar-refractivity contribution in [2.24, 2.45) is 0 Å². The lowest BCUT2D eigenvalue weighted by Gasteiger charge is -2.11. The predicted molar refractivity (Wildman–Crippen MR) is 124 cm³/mol. The summed E-state index contributed by atoms with van der Waals surface area (Å²) in [4.78, 5) is 13.5. The SMILES string of the molecule is CCn1c(COc2ccc(C)cc2C)nnc1SCC(=O)Nc1cccc(SC)c1. The van der Waals surface area contributed by atoms with Gasteiger partial charge >= 0.3 is 0 Å². The van der Waals surface area contributed by atoms with Crippen molar-refractivity contribution in [2.75, 3.05) is 17.3 Å². The highest BCUT2D eigenvalue weighted by Gasteiger charge is 2.14. The number of nitrogens with one attached hydrogen (secondary N) is 1. The van der Waals surface area contributed by atoms with Crippen molar-refractivity contribution < 1.29 is 9.53 Å². The minimum absolute atomic E-state index is 0.0722. The van der Waals surface area contributed by atoms with E-state index in [0.717, 1.165) is 27.7 Å². The average molecular weight is 443 g/mol. The summed E-state index contributed by atoms with van der Waals surface area (Å²) in [5, 5.41) is 12.2. The van der Waals surface area contributed by atoms with Gasteiger partial charge in [0.05, 0.1) is 5.75 Å². The highest BCUT2D eigenvalue weighted by atomic mass is 32.2. The second kappa shape index (κ2) is 10.5. The molecular formula is C22H26N4O2S2. The van der Waals surface area contributed by atoms with E-state index in [1.165, 1.54) is 17.3 Å². The molecule has 0 aliphatic carbocycles. The summed E-state index contributed by atoms with van der Waals surface area (Å²) >= 11 is 3.02. The first-order chi connectivity index (χ1) is 14.5. The number of anilines is 1. The Morgan fingerprint density at radius 3 is 2.73 bits per heavy atom. The summed E-state index contributed by atoms with van der Waals surface area (Å²) in [5.74, 6) is 1.77. The van der Waals surface area contributed by atoms with Crippen molar-refractivity contribution in [3.8, 4) is 5.75 Å². The fourth-order valence-corrected chi connectivity index (χ4v) is 4.26. The number of benzene rings is 2. The van der Waals surface area contributed by atoms with Gasteiger partial charge in [0.1, 0.15) is 12.4 Å². The molecule has 0 saturated heterocycles. The second-order valence-corrected chi connectivity index (χ2v) is 8.59. The average Bonchev–Trinajstić information content (AvgIpc) is 3.13. The highest BCUT2D eigenvalue weighted by molar-refractivity contribution is 7.99. The van der Waals surface area contributed by atoms with Crippen molar-refractivity contribution in [3.63, 3.8) is 0 Å². The number of rotatable bonds is 9. The van der Waals surface area contributed by atoms with E-state index in [1.807, 2.05) is 61.1 Å². The number of nitrogens with zero attached hydrogens (tertiary/aromatic N) is 3. The number of aromatic nitrogens is 3. The smallest absolute Gasteiger partial charge is 0.234 e. The predicted octanol–water partition coefficient (Wildman–Crippen LogP) is 4.95. The molecule has 0 unspecified atom stereocenters. The van der Waals surface area contributed by atoms with E-state index in [4.69, 9.17) is 4.74 Å². The molecule has 1 N–H and O–H groups in total. The molecule has 1 amide bonds. The maximum atomic E-state index is 12.3. The van der Waals surface area contributed by atoms with Gasteiger partial charge in [-0.2, -0.15) is 0 Å². The molecule has 0 fully saturated rings. The van der Waals surface area contributed by atoms with E-state index < -0.39 is 0 Å². The van der Waals surface area contributed by atoms with Crippen LogP contribution in [0.3, 0.4) is 0 Å². The molecule has 0 spiro atoms. The van der Waals surface area contributed by atoms with Crippen LogP contribution in [0.5, 0.6) is 5.75 Å². The van der Waals surface area contributed by atoms with Gasteiger partial charge in [-0.25, -0.2) is 0 Å². The Hall–Kier alpha value is -2.45. The molecular weight excluding hydrogens is 416 g/mol. The van der Waals surface area contributed by atoms with Crippen molar-refractivity contribution in [1.29, 1.82) is 0 Å². The zero-order valence-electron chi connectivity index (χ0n) is 17.6. The maximum absolute atomic E-state index is 12.3.